The van der Waals surface area contributed by atoms with Gasteiger partial charge in [0, 0.05) is 77.4 Å². The quantitative estimate of drug-likeness (QED) is 0.787. The molecule has 0 aliphatic carbocycles. The van der Waals surface area contributed by atoms with Crippen LogP contribution in [-0.2, 0) is 23.1 Å². The SMILES string of the molecule is Cn1cncc1CN1CC(C(=O)N2CCCC(F)(F)CC2)C2(CCOCC2)C1. The molecule has 1 atom stereocenters. The Balaban J connectivity index is 1.51. The van der Waals surface area contributed by atoms with Crippen molar-refractivity contribution in [1.29, 1.82) is 0 Å². The molecule has 8 heteroatoms. The molecule has 1 aromatic heterocycles. The van der Waals surface area contributed by atoms with Gasteiger partial charge in [-0.15, -0.1) is 0 Å². The van der Waals surface area contributed by atoms with Crippen molar-refractivity contribution in [2.24, 2.45) is 18.4 Å². The molecule has 156 valence electrons. The number of nitrogens with zero attached hydrogens (tertiary/aromatic N) is 4. The van der Waals surface area contributed by atoms with E-state index >= 15 is 0 Å². The Hall–Kier alpha value is -1.54. The second kappa shape index (κ2) is 7.71. The van der Waals surface area contributed by atoms with Crippen molar-refractivity contribution in [3.63, 3.8) is 0 Å². The van der Waals surface area contributed by atoms with Gasteiger partial charge in [0.25, 0.3) is 0 Å². The van der Waals surface area contributed by atoms with E-state index in [4.69, 9.17) is 4.74 Å². The highest BCUT2D eigenvalue weighted by molar-refractivity contribution is 5.80. The van der Waals surface area contributed by atoms with Crippen molar-refractivity contribution in [3.05, 3.63) is 18.2 Å². The number of amides is 1. The third-order valence-electron chi connectivity index (χ3n) is 6.84. The molecule has 3 fully saturated rings. The summed E-state index contributed by atoms with van der Waals surface area (Å²) in [6, 6.07) is 0. The molecule has 3 saturated heterocycles. The van der Waals surface area contributed by atoms with E-state index in [-0.39, 0.29) is 36.6 Å². The standard InChI is InChI=1S/C20H30F2N4O2/c1-24-15-23-11-16(24)12-25-13-17(19(14-25)5-9-28-10-6-19)18(27)26-7-2-3-20(21,22)4-8-26/h11,15,17H,2-10,12-14H2,1H3. The Bertz CT molecular complexity index is 702. The number of hydrogen-bond acceptors (Lipinski definition) is 4. The first kappa shape index (κ1) is 19.8. The third kappa shape index (κ3) is 3.94. The van der Waals surface area contributed by atoms with E-state index in [1.165, 1.54) is 0 Å². The van der Waals surface area contributed by atoms with Crippen molar-refractivity contribution < 1.29 is 18.3 Å². The van der Waals surface area contributed by atoms with Crippen LogP contribution in [0.3, 0.4) is 0 Å². The summed E-state index contributed by atoms with van der Waals surface area (Å²) in [7, 11) is 1.97. The van der Waals surface area contributed by atoms with Gasteiger partial charge in [-0.05, 0) is 19.3 Å². The molecule has 0 aromatic carbocycles. The fourth-order valence-electron chi connectivity index (χ4n) is 5.09. The average Bonchev–Trinajstić information content (AvgIpc) is 3.15. The number of ether oxygens (including phenoxy) is 1. The number of carbonyl (C=O) groups excluding carboxylic acids is 1. The minimum atomic E-state index is -2.65. The van der Waals surface area contributed by atoms with E-state index in [0.717, 1.165) is 31.6 Å². The predicted octanol–water partition coefficient (Wildman–Crippen LogP) is 2.30. The average molecular weight is 396 g/mol. The van der Waals surface area contributed by atoms with Gasteiger partial charge < -0.3 is 14.2 Å². The zero-order valence-corrected chi connectivity index (χ0v) is 16.6. The van der Waals surface area contributed by atoms with Crippen molar-refractivity contribution in [2.75, 3.05) is 39.4 Å². The van der Waals surface area contributed by atoms with Gasteiger partial charge in [-0.25, -0.2) is 13.8 Å². The van der Waals surface area contributed by atoms with E-state index in [1.807, 2.05) is 17.8 Å². The maximum atomic E-state index is 13.8. The Morgan fingerprint density at radius 2 is 2.04 bits per heavy atom. The normalized spacial score (nSPS) is 27.8. The van der Waals surface area contributed by atoms with Crippen LogP contribution in [0.25, 0.3) is 0 Å². The summed E-state index contributed by atoms with van der Waals surface area (Å²) < 4.78 is 35.1. The molecule has 1 spiro atoms. The molecular formula is C20H30F2N4O2. The molecule has 6 nitrogen and oxygen atoms in total. The molecule has 3 aliphatic rings. The first-order chi connectivity index (χ1) is 13.4. The van der Waals surface area contributed by atoms with Crippen LogP contribution < -0.4 is 0 Å². The van der Waals surface area contributed by atoms with Gasteiger partial charge in [-0.2, -0.15) is 0 Å². The number of rotatable bonds is 3. The van der Waals surface area contributed by atoms with Crippen molar-refractivity contribution in [1.82, 2.24) is 19.4 Å². The minimum Gasteiger partial charge on any atom is -0.381 e. The lowest BCUT2D eigenvalue weighted by atomic mass is 9.71. The summed E-state index contributed by atoms with van der Waals surface area (Å²) >= 11 is 0. The number of hydrogen-bond donors (Lipinski definition) is 0. The topological polar surface area (TPSA) is 50.6 Å². The lowest BCUT2D eigenvalue weighted by Crippen LogP contribution is -2.46. The van der Waals surface area contributed by atoms with E-state index in [0.29, 0.717) is 32.7 Å². The molecule has 0 N–H and O–H groups in total. The molecule has 28 heavy (non-hydrogen) atoms. The number of alkyl halides is 2. The molecule has 1 aromatic rings. The maximum absolute atomic E-state index is 13.8. The lowest BCUT2D eigenvalue weighted by molar-refractivity contribution is -0.140. The molecule has 1 unspecified atom stereocenters. The van der Waals surface area contributed by atoms with Crippen molar-refractivity contribution in [3.8, 4) is 0 Å². The van der Waals surface area contributed by atoms with Gasteiger partial charge in [0.05, 0.1) is 17.9 Å². The number of likely N-dealkylation sites (tertiary alicyclic amines) is 2. The molecule has 1 amide bonds. The maximum Gasteiger partial charge on any atom is 0.249 e. The zero-order valence-electron chi connectivity index (χ0n) is 16.6. The summed E-state index contributed by atoms with van der Waals surface area (Å²) in [5.41, 5.74) is 1.01. The number of halogens is 2. The molecule has 0 radical (unpaired) electrons. The van der Waals surface area contributed by atoms with Gasteiger partial charge in [0.15, 0.2) is 0 Å². The summed E-state index contributed by atoms with van der Waals surface area (Å²) in [5.74, 6) is -2.73. The fourth-order valence-corrected chi connectivity index (χ4v) is 5.09. The Labute approximate surface area is 164 Å². The summed E-state index contributed by atoms with van der Waals surface area (Å²) in [4.78, 5) is 21.7. The van der Waals surface area contributed by atoms with E-state index in [9.17, 15) is 13.6 Å². The highest BCUT2D eigenvalue weighted by Gasteiger charge is 2.51. The second-order valence-electron chi connectivity index (χ2n) is 8.73. The largest absolute Gasteiger partial charge is 0.381 e. The van der Waals surface area contributed by atoms with Crippen LogP contribution in [0.15, 0.2) is 12.5 Å². The first-order valence-corrected chi connectivity index (χ1v) is 10.3. The number of carbonyl (C=O) groups is 1. The van der Waals surface area contributed by atoms with Crippen LogP contribution >= 0.6 is 0 Å². The van der Waals surface area contributed by atoms with E-state index in [1.54, 1.807) is 11.2 Å². The van der Waals surface area contributed by atoms with Crippen LogP contribution in [0.4, 0.5) is 8.78 Å². The Morgan fingerprint density at radius 3 is 2.75 bits per heavy atom. The Kier molecular flexibility index (Phi) is 5.44. The fraction of sp³-hybridized carbons (Fsp3) is 0.800. The van der Waals surface area contributed by atoms with E-state index < -0.39 is 5.92 Å². The molecule has 0 bridgehead atoms. The summed E-state index contributed by atoms with van der Waals surface area (Å²) in [6.07, 6.45) is 5.40. The first-order valence-electron chi connectivity index (χ1n) is 10.3. The highest BCUT2D eigenvalue weighted by Crippen LogP contribution is 2.45. The molecule has 0 saturated carbocycles. The van der Waals surface area contributed by atoms with Gasteiger partial charge in [0.1, 0.15) is 0 Å². The van der Waals surface area contributed by atoms with E-state index in [2.05, 4.69) is 9.88 Å². The molecular weight excluding hydrogens is 366 g/mol. The van der Waals surface area contributed by atoms with Gasteiger partial charge in [0.2, 0.25) is 11.8 Å². The van der Waals surface area contributed by atoms with Gasteiger partial charge in [-0.3, -0.25) is 9.69 Å². The van der Waals surface area contributed by atoms with Crippen molar-refractivity contribution in [2.45, 2.75) is 44.6 Å². The zero-order chi connectivity index (χ0) is 19.8. The minimum absolute atomic E-state index is 0.0621. The van der Waals surface area contributed by atoms with Gasteiger partial charge in [-0.1, -0.05) is 0 Å². The third-order valence-corrected chi connectivity index (χ3v) is 6.84. The predicted molar refractivity (Wildman–Crippen MR) is 99.8 cm³/mol. The number of aryl methyl sites for hydroxylation is 1. The van der Waals surface area contributed by atoms with Crippen LogP contribution in [0.1, 0.15) is 37.8 Å². The van der Waals surface area contributed by atoms with Crippen LogP contribution in [0.5, 0.6) is 0 Å². The Morgan fingerprint density at radius 1 is 1.25 bits per heavy atom. The molecule has 3 aliphatic heterocycles. The summed E-state index contributed by atoms with van der Waals surface area (Å²) in [6.45, 7) is 4.22. The van der Waals surface area contributed by atoms with Gasteiger partial charge >= 0.3 is 0 Å². The lowest BCUT2D eigenvalue weighted by Gasteiger charge is -2.39. The van der Waals surface area contributed by atoms with Crippen molar-refractivity contribution >= 4 is 5.91 Å². The summed E-state index contributed by atoms with van der Waals surface area (Å²) in [5, 5.41) is 0. The second-order valence-corrected chi connectivity index (χ2v) is 8.73. The smallest absolute Gasteiger partial charge is 0.249 e. The van der Waals surface area contributed by atoms with Crippen LogP contribution in [-0.4, -0.2) is 70.6 Å². The van der Waals surface area contributed by atoms with Crippen LogP contribution in [0, 0.1) is 11.3 Å². The highest BCUT2D eigenvalue weighted by atomic mass is 19.3. The molecule has 4 heterocycles. The molecule has 4 rings (SSSR count). The van der Waals surface area contributed by atoms with Crippen LogP contribution in [0.2, 0.25) is 0 Å². The monoisotopic (exact) mass is 396 g/mol. The number of aromatic nitrogens is 2. The number of imidazole rings is 1.